The predicted octanol–water partition coefficient (Wildman–Crippen LogP) is 1.79. The molecule has 0 aliphatic heterocycles. The van der Waals surface area contributed by atoms with Gasteiger partial charge in [0.2, 0.25) is 10.0 Å². The molecule has 0 radical (unpaired) electrons. The predicted molar refractivity (Wildman–Crippen MR) is 69.2 cm³/mol. The number of rotatable bonds is 3. The van der Waals surface area contributed by atoms with Gasteiger partial charge in [-0.3, -0.25) is 4.72 Å². The lowest BCUT2D eigenvalue weighted by Gasteiger charge is -2.24. The summed E-state index contributed by atoms with van der Waals surface area (Å²) in [6.45, 7) is 0. The topological polar surface area (TPSA) is 72.2 Å². The average molecular weight is 254 g/mol. The van der Waals surface area contributed by atoms with Crippen LogP contribution >= 0.6 is 0 Å². The molecule has 0 aromatic heterocycles. The number of sulfonamides is 1. The second-order valence-electron chi connectivity index (χ2n) is 4.82. The first-order valence-corrected chi connectivity index (χ1v) is 7.65. The zero-order chi connectivity index (χ0) is 12.5. The molecule has 17 heavy (non-hydrogen) atoms. The van der Waals surface area contributed by atoms with Gasteiger partial charge in [0.15, 0.2) is 0 Å². The molecule has 1 aliphatic carbocycles. The molecule has 0 saturated heterocycles. The number of nitrogens with two attached hydrogens (primary N) is 1. The van der Waals surface area contributed by atoms with Crippen molar-refractivity contribution < 1.29 is 8.42 Å². The molecule has 1 aromatic carbocycles. The van der Waals surface area contributed by atoms with E-state index < -0.39 is 10.0 Å². The highest BCUT2D eigenvalue weighted by molar-refractivity contribution is 7.92. The summed E-state index contributed by atoms with van der Waals surface area (Å²) >= 11 is 0. The number of hydrogen-bond acceptors (Lipinski definition) is 3. The first-order chi connectivity index (χ1) is 7.89. The normalized spacial score (nSPS) is 19.2. The fraction of sp³-hybridized carbons (Fsp3) is 0.500. The Labute approximate surface area is 102 Å². The minimum Gasteiger partial charge on any atom is -0.321 e. The molecule has 1 saturated carbocycles. The molecule has 1 aromatic rings. The van der Waals surface area contributed by atoms with Crippen LogP contribution in [0.15, 0.2) is 24.3 Å². The van der Waals surface area contributed by atoms with Crippen LogP contribution in [0.4, 0.5) is 5.69 Å². The number of nitrogens with one attached hydrogen (secondary N) is 1. The zero-order valence-electron chi connectivity index (χ0n) is 9.94. The minimum atomic E-state index is -3.23. The molecule has 0 bridgehead atoms. The monoisotopic (exact) mass is 254 g/mol. The Balaban J connectivity index is 2.28. The molecule has 94 valence electrons. The molecular weight excluding hydrogens is 236 g/mol. The van der Waals surface area contributed by atoms with Gasteiger partial charge in [-0.05, 0) is 30.5 Å². The van der Waals surface area contributed by atoms with Crippen molar-refractivity contribution in [3.8, 4) is 0 Å². The standard InChI is InChI=1S/C12H18N2O2S/c1-17(15,16)14-11-6-4-5-10(9-11)12(13)7-2-3-8-12/h4-6,9,14H,2-3,7-8,13H2,1H3. The average Bonchev–Trinajstić information content (AvgIpc) is 2.64. The Morgan fingerprint density at radius 3 is 2.53 bits per heavy atom. The van der Waals surface area contributed by atoms with Crippen LogP contribution in [0, 0.1) is 0 Å². The molecule has 0 spiro atoms. The second kappa shape index (κ2) is 4.31. The fourth-order valence-electron chi connectivity index (χ4n) is 2.40. The maximum absolute atomic E-state index is 11.2. The summed E-state index contributed by atoms with van der Waals surface area (Å²) in [5, 5.41) is 0. The van der Waals surface area contributed by atoms with Crippen molar-refractivity contribution in [1.82, 2.24) is 0 Å². The molecule has 1 aliphatic rings. The number of benzene rings is 1. The maximum atomic E-state index is 11.2. The summed E-state index contributed by atoms with van der Waals surface area (Å²) in [6.07, 6.45) is 5.36. The van der Waals surface area contributed by atoms with Crippen LogP contribution in [-0.4, -0.2) is 14.7 Å². The number of hydrogen-bond donors (Lipinski definition) is 2. The molecule has 2 rings (SSSR count). The molecule has 0 unspecified atom stereocenters. The lowest BCUT2D eigenvalue weighted by atomic mass is 9.89. The molecule has 0 amide bonds. The second-order valence-corrected chi connectivity index (χ2v) is 6.57. The van der Waals surface area contributed by atoms with Gasteiger partial charge in [0.05, 0.1) is 6.26 Å². The van der Waals surface area contributed by atoms with Crippen LogP contribution in [0.2, 0.25) is 0 Å². The van der Waals surface area contributed by atoms with Crippen LogP contribution in [0.25, 0.3) is 0 Å². The van der Waals surface area contributed by atoms with Gasteiger partial charge >= 0.3 is 0 Å². The van der Waals surface area contributed by atoms with Gasteiger partial charge in [0, 0.05) is 11.2 Å². The van der Waals surface area contributed by atoms with E-state index in [1.54, 1.807) is 6.07 Å². The Morgan fingerprint density at radius 2 is 1.94 bits per heavy atom. The van der Waals surface area contributed by atoms with Gasteiger partial charge < -0.3 is 5.73 Å². The van der Waals surface area contributed by atoms with Crippen LogP contribution in [0.5, 0.6) is 0 Å². The van der Waals surface area contributed by atoms with Crippen LogP contribution < -0.4 is 10.5 Å². The van der Waals surface area contributed by atoms with Gasteiger partial charge in [0.1, 0.15) is 0 Å². The van der Waals surface area contributed by atoms with E-state index in [2.05, 4.69) is 4.72 Å². The van der Waals surface area contributed by atoms with Crippen molar-refractivity contribution in [2.24, 2.45) is 5.73 Å². The molecule has 0 heterocycles. The maximum Gasteiger partial charge on any atom is 0.229 e. The summed E-state index contributed by atoms with van der Waals surface area (Å²) in [5.74, 6) is 0. The van der Waals surface area contributed by atoms with Crippen LogP contribution in [-0.2, 0) is 15.6 Å². The zero-order valence-corrected chi connectivity index (χ0v) is 10.8. The van der Waals surface area contributed by atoms with E-state index in [9.17, 15) is 8.42 Å². The molecule has 1 fully saturated rings. The summed E-state index contributed by atoms with van der Waals surface area (Å²) < 4.78 is 24.8. The third-order valence-electron chi connectivity index (χ3n) is 3.24. The van der Waals surface area contributed by atoms with Gasteiger partial charge in [-0.25, -0.2) is 8.42 Å². The van der Waals surface area contributed by atoms with E-state index in [0.717, 1.165) is 37.5 Å². The van der Waals surface area contributed by atoms with Crippen molar-refractivity contribution in [3.63, 3.8) is 0 Å². The van der Waals surface area contributed by atoms with E-state index in [1.807, 2.05) is 18.2 Å². The molecule has 4 nitrogen and oxygen atoms in total. The van der Waals surface area contributed by atoms with Crippen molar-refractivity contribution in [2.45, 2.75) is 31.2 Å². The highest BCUT2D eigenvalue weighted by Gasteiger charge is 2.31. The lowest BCUT2D eigenvalue weighted by Crippen LogP contribution is -2.33. The highest BCUT2D eigenvalue weighted by Crippen LogP contribution is 2.36. The van der Waals surface area contributed by atoms with E-state index in [-0.39, 0.29) is 5.54 Å². The Hall–Kier alpha value is -1.07. The molecular formula is C12H18N2O2S. The minimum absolute atomic E-state index is 0.283. The van der Waals surface area contributed by atoms with Crippen molar-refractivity contribution in [1.29, 1.82) is 0 Å². The van der Waals surface area contributed by atoms with Gasteiger partial charge in [-0.1, -0.05) is 25.0 Å². The van der Waals surface area contributed by atoms with E-state index in [0.29, 0.717) is 5.69 Å². The highest BCUT2D eigenvalue weighted by atomic mass is 32.2. The first-order valence-electron chi connectivity index (χ1n) is 5.76. The van der Waals surface area contributed by atoms with Crippen molar-refractivity contribution in [3.05, 3.63) is 29.8 Å². The van der Waals surface area contributed by atoms with E-state index in [1.165, 1.54) is 0 Å². The largest absolute Gasteiger partial charge is 0.321 e. The van der Waals surface area contributed by atoms with Gasteiger partial charge in [-0.15, -0.1) is 0 Å². The fourth-order valence-corrected chi connectivity index (χ4v) is 2.96. The lowest BCUT2D eigenvalue weighted by molar-refractivity contribution is 0.462. The smallest absolute Gasteiger partial charge is 0.229 e. The summed E-state index contributed by atoms with van der Waals surface area (Å²) in [5.41, 5.74) is 7.66. The quantitative estimate of drug-likeness (QED) is 0.863. The molecule has 3 N–H and O–H groups in total. The van der Waals surface area contributed by atoms with Crippen molar-refractivity contribution >= 4 is 15.7 Å². The van der Waals surface area contributed by atoms with Gasteiger partial charge in [0.25, 0.3) is 0 Å². The summed E-state index contributed by atoms with van der Waals surface area (Å²) in [6, 6.07) is 7.39. The first kappa shape index (κ1) is 12.4. The van der Waals surface area contributed by atoms with E-state index >= 15 is 0 Å². The van der Waals surface area contributed by atoms with Crippen LogP contribution in [0.3, 0.4) is 0 Å². The Bertz CT molecular complexity index is 505. The van der Waals surface area contributed by atoms with Crippen molar-refractivity contribution in [2.75, 3.05) is 11.0 Å². The Kier molecular flexibility index (Phi) is 3.14. The third-order valence-corrected chi connectivity index (χ3v) is 3.84. The number of anilines is 1. The third kappa shape index (κ3) is 2.98. The van der Waals surface area contributed by atoms with E-state index in [4.69, 9.17) is 5.73 Å². The van der Waals surface area contributed by atoms with Crippen LogP contribution in [0.1, 0.15) is 31.2 Å². The van der Waals surface area contributed by atoms with Gasteiger partial charge in [-0.2, -0.15) is 0 Å². The Morgan fingerprint density at radius 1 is 1.29 bits per heavy atom. The molecule has 5 heteroatoms. The summed E-state index contributed by atoms with van der Waals surface area (Å²) in [4.78, 5) is 0. The molecule has 0 atom stereocenters. The summed E-state index contributed by atoms with van der Waals surface area (Å²) in [7, 11) is -3.23. The SMILES string of the molecule is CS(=O)(=O)Nc1cccc(C2(N)CCCC2)c1.